The molecule has 7 nitrogen and oxygen atoms in total. The van der Waals surface area contributed by atoms with Gasteiger partial charge < -0.3 is 19.8 Å². The summed E-state index contributed by atoms with van der Waals surface area (Å²) in [6.07, 6.45) is 8.27. The molecule has 4 aliphatic rings. The first kappa shape index (κ1) is 26.2. The van der Waals surface area contributed by atoms with Crippen LogP contribution in [0.5, 0.6) is 0 Å². The van der Waals surface area contributed by atoms with Gasteiger partial charge in [-0.15, -0.1) is 11.8 Å². The van der Waals surface area contributed by atoms with Crippen LogP contribution in [0.4, 0.5) is 5.69 Å². The lowest BCUT2D eigenvalue weighted by molar-refractivity contribution is -0.144. The predicted octanol–water partition coefficient (Wildman–Crippen LogP) is 3.17. The molecule has 0 radical (unpaired) electrons. The van der Waals surface area contributed by atoms with E-state index >= 15 is 0 Å². The van der Waals surface area contributed by atoms with E-state index in [2.05, 4.69) is 0 Å². The van der Waals surface area contributed by atoms with Gasteiger partial charge in [-0.2, -0.15) is 0 Å². The van der Waals surface area contributed by atoms with Crippen molar-refractivity contribution >= 4 is 46.8 Å². The summed E-state index contributed by atoms with van der Waals surface area (Å²) in [7, 11) is 1.75. The topological polar surface area (TPSA) is 81.2 Å². The van der Waals surface area contributed by atoms with Gasteiger partial charge in [-0.3, -0.25) is 14.4 Å². The van der Waals surface area contributed by atoms with Crippen molar-refractivity contribution in [2.75, 3.05) is 31.6 Å². The third-order valence-corrected chi connectivity index (χ3v) is 10.4. The Hall–Kier alpha value is -3.07. The lowest BCUT2D eigenvalue weighted by atomic mass is 9.78. The third kappa shape index (κ3) is 4.12. The Kier molecular flexibility index (Phi) is 6.81. The summed E-state index contributed by atoms with van der Waals surface area (Å²) in [5, 5.41) is 10.8. The van der Waals surface area contributed by atoms with Crippen molar-refractivity contribution in [1.82, 2.24) is 9.80 Å². The Morgan fingerprint density at radius 3 is 2.49 bits per heavy atom. The molecule has 0 aromatic heterocycles. The highest BCUT2D eigenvalue weighted by atomic mass is 35.5. The molecule has 3 amide bonds. The van der Waals surface area contributed by atoms with E-state index in [0.717, 1.165) is 5.56 Å². The van der Waals surface area contributed by atoms with Crippen LogP contribution in [0.3, 0.4) is 0 Å². The van der Waals surface area contributed by atoms with Gasteiger partial charge >= 0.3 is 0 Å². The van der Waals surface area contributed by atoms with Crippen LogP contribution in [0.1, 0.15) is 5.56 Å². The molecule has 4 aliphatic heterocycles. The van der Waals surface area contributed by atoms with E-state index in [0.29, 0.717) is 23.7 Å². The van der Waals surface area contributed by atoms with E-state index in [1.54, 1.807) is 33.9 Å². The van der Waals surface area contributed by atoms with Gasteiger partial charge in [-0.1, -0.05) is 78.4 Å². The average molecular weight is 564 g/mol. The van der Waals surface area contributed by atoms with E-state index in [1.165, 1.54) is 11.8 Å². The van der Waals surface area contributed by atoms with Crippen LogP contribution in [0.2, 0.25) is 5.02 Å². The van der Waals surface area contributed by atoms with Crippen LogP contribution in [-0.2, 0) is 20.8 Å². The number of para-hydroxylation sites is 1. The number of amides is 3. The summed E-state index contributed by atoms with van der Waals surface area (Å²) in [6, 6.07) is 15.3. The van der Waals surface area contributed by atoms with Gasteiger partial charge in [0.2, 0.25) is 11.8 Å². The Morgan fingerprint density at radius 2 is 1.74 bits per heavy atom. The second-order valence-corrected chi connectivity index (χ2v) is 12.5. The molecule has 2 saturated heterocycles. The number of thioether (sulfide) groups is 1. The van der Waals surface area contributed by atoms with E-state index < -0.39 is 28.7 Å². The quantitative estimate of drug-likeness (QED) is 0.565. The van der Waals surface area contributed by atoms with Gasteiger partial charge in [0.15, 0.2) is 0 Å². The number of likely N-dealkylation sites (N-methyl/N-ethyl adjacent to an activating group) is 1. The van der Waals surface area contributed by atoms with Gasteiger partial charge in [0.05, 0.1) is 39.9 Å². The molecular formula is C30H30ClN3O4S. The number of hydrogen-bond acceptors (Lipinski definition) is 5. The first-order chi connectivity index (χ1) is 18.9. The van der Waals surface area contributed by atoms with Crippen LogP contribution < -0.4 is 4.90 Å². The average Bonchev–Trinajstić information content (AvgIpc) is 3.27. The van der Waals surface area contributed by atoms with Gasteiger partial charge in [0.1, 0.15) is 6.04 Å². The van der Waals surface area contributed by atoms with Crippen molar-refractivity contribution < 1.29 is 19.5 Å². The normalized spacial score (nSPS) is 30.6. The zero-order chi connectivity index (χ0) is 27.3. The number of aliphatic hydroxyl groups excluding tert-OH is 1. The number of hydrogen-bond donors (Lipinski definition) is 1. The molecule has 2 fully saturated rings. The summed E-state index contributed by atoms with van der Waals surface area (Å²) < 4.78 is -0.957. The molecule has 2 aromatic rings. The summed E-state index contributed by atoms with van der Waals surface area (Å²) in [5.41, 5.74) is 1.52. The molecule has 1 N–H and O–H groups in total. The monoisotopic (exact) mass is 563 g/mol. The molecule has 6 atom stereocenters. The Morgan fingerprint density at radius 1 is 1.00 bits per heavy atom. The van der Waals surface area contributed by atoms with E-state index in [1.807, 2.05) is 66.8 Å². The number of anilines is 1. The fourth-order valence-corrected chi connectivity index (χ4v) is 8.85. The SMILES string of the molecule is CN1CC=C[C@H]2S[C@]34C=CCN(c5ccccc5Cl)C(=O)C3N([C@@H](CO)Cc3ccccc3)C(=O)[C@@H]4[C@H]2C1=O. The smallest absolute Gasteiger partial charge is 0.251 e. The Bertz CT molecular complexity index is 1370. The van der Waals surface area contributed by atoms with Crippen molar-refractivity contribution in [1.29, 1.82) is 0 Å². The Labute approximate surface area is 237 Å². The predicted molar refractivity (Wildman–Crippen MR) is 152 cm³/mol. The fraction of sp³-hybridized carbons (Fsp3) is 0.367. The number of carbonyl (C=O) groups excluding carboxylic acids is 3. The zero-order valence-electron chi connectivity index (χ0n) is 21.5. The largest absolute Gasteiger partial charge is 0.394 e. The van der Waals surface area contributed by atoms with Crippen molar-refractivity contribution in [3.05, 3.63) is 89.5 Å². The highest BCUT2D eigenvalue weighted by molar-refractivity contribution is 8.02. The number of benzene rings is 2. The summed E-state index contributed by atoms with van der Waals surface area (Å²) in [5.74, 6) is -1.94. The molecule has 9 heteroatoms. The third-order valence-electron chi connectivity index (χ3n) is 8.36. The number of rotatable bonds is 5. The minimum atomic E-state index is -0.957. The second-order valence-electron chi connectivity index (χ2n) is 10.6. The van der Waals surface area contributed by atoms with Crippen molar-refractivity contribution in [2.45, 2.75) is 28.5 Å². The van der Waals surface area contributed by atoms with Crippen LogP contribution in [0, 0.1) is 11.8 Å². The number of likely N-dealkylation sites (tertiary alicyclic amines) is 1. The number of nitrogens with zero attached hydrogens (tertiary/aromatic N) is 3. The molecule has 1 unspecified atom stereocenters. The number of carbonyl (C=O) groups is 3. The summed E-state index contributed by atoms with van der Waals surface area (Å²) in [6.45, 7) is 0.461. The van der Waals surface area contributed by atoms with Crippen molar-refractivity contribution in [3.63, 3.8) is 0 Å². The number of halogens is 1. The number of fused-ring (bicyclic) bond motifs is 2. The fourth-order valence-electron chi connectivity index (χ4n) is 6.62. The van der Waals surface area contributed by atoms with Crippen LogP contribution in [-0.4, -0.2) is 81.5 Å². The van der Waals surface area contributed by atoms with E-state index in [9.17, 15) is 19.5 Å². The highest BCUT2D eigenvalue weighted by Gasteiger charge is 2.71. The maximum atomic E-state index is 14.6. The molecule has 0 aliphatic carbocycles. The molecule has 1 spiro atoms. The minimum absolute atomic E-state index is 0.0926. The van der Waals surface area contributed by atoms with Gasteiger partial charge in [-0.25, -0.2) is 0 Å². The van der Waals surface area contributed by atoms with Gasteiger partial charge in [-0.05, 0) is 24.1 Å². The van der Waals surface area contributed by atoms with Gasteiger partial charge in [0, 0.05) is 25.4 Å². The minimum Gasteiger partial charge on any atom is -0.394 e. The first-order valence-electron chi connectivity index (χ1n) is 13.2. The molecule has 0 saturated carbocycles. The molecule has 0 bridgehead atoms. The van der Waals surface area contributed by atoms with Crippen LogP contribution in [0.25, 0.3) is 0 Å². The molecular weight excluding hydrogens is 534 g/mol. The van der Waals surface area contributed by atoms with E-state index in [-0.39, 0.29) is 36.1 Å². The number of aliphatic hydroxyl groups is 1. The van der Waals surface area contributed by atoms with Gasteiger partial charge in [0.25, 0.3) is 5.91 Å². The van der Waals surface area contributed by atoms with Crippen molar-refractivity contribution in [3.8, 4) is 0 Å². The molecule has 4 heterocycles. The maximum Gasteiger partial charge on any atom is 0.251 e. The molecule has 39 heavy (non-hydrogen) atoms. The van der Waals surface area contributed by atoms with Crippen LogP contribution >= 0.6 is 23.4 Å². The standard InChI is InChI=1S/C30H30ClN3O4S/c1-32-15-7-13-23-24(27(32)36)25-28(37)34(20(18-35)17-19-9-3-2-4-10-19)26-29(38)33(16-8-14-30(25,26)39-23)22-12-6-5-11-21(22)31/h2-14,20,23-26,35H,15-18H2,1H3/t20-,23-,24+,25+,26?,30+/m1/s1. The zero-order valence-corrected chi connectivity index (χ0v) is 23.1. The summed E-state index contributed by atoms with van der Waals surface area (Å²) >= 11 is 8.07. The lowest BCUT2D eigenvalue weighted by Crippen LogP contribution is -2.57. The van der Waals surface area contributed by atoms with Crippen LogP contribution in [0.15, 0.2) is 78.9 Å². The molecule has 202 valence electrons. The second kappa shape index (κ2) is 10.2. The summed E-state index contributed by atoms with van der Waals surface area (Å²) in [4.78, 5) is 47.6. The Balaban J connectivity index is 1.49. The molecule has 2 aromatic carbocycles. The highest BCUT2D eigenvalue weighted by Crippen LogP contribution is 2.61. The lowest BCUT2D eigenvalue weighted by Gasteiger charge is -2.38. The first-order valence-corrected chi connectivity index (χ1v) is 14.4. The molecule has 6 rings (SSSR count). The maximum absolute atomic E-state index is 14.6. The van der Waals surface area contributed by atoms with E-state index in [4.69, 9.17) is 11.6 Å². The van der Waals surface area contributed by atoms with Crippen molar-refractivity contribution in [2.24, 2.45) is 11.8 Å².